The van der Waals surface area contributed by atoms with Crippen LogP contribution in [0.5, 0.6) is 0 Å². The lowest BCUT2D eigenvalue weighted by Gasteiger charge is -2.59. The molecule has 0 aliphatic heterocycles. The molecule has 5 rings (SSSR count). The van der Waals surface area contributed by atoms with Gasteiger partial charge in [0, 0.05) is 0 Å². The zero-order chi connectivity index (χ0) is 23.2. The Labute approximate surface area is 188 Å². The van der Waals surface area contributed by atoms with E-state index in [1.807, 2.05) is 6.92 Å². The molecule has 5 aliphatic carbocycles. The first-order chi connectivity index (χ1) is 15.0. The molecule has 0 aromatic carbocycles. The van der Waals surface area contributed by atoms with Crippen LogP contribution in [0.1, 0.15) is 77.6 Å². The van der Waals surface area contributed by atoms with Crippen molar-refractivity contribution in [1.82, 2.24) is 0 Å². The first kappa shape index (κ1) is 24.3. The fourth-order valence-electron chi connectivity index (χ4n) is 6.83. The molecule has 184 valence electrons. The summed E-state index contributed by atoms with van der Waals surface area (Å²) in [6.07, 6.45) is 9.02. The SMILES string of the molecule is CCC1(OC(=O)COC23CC4CC(C2)C(OCC(F)(F)S(=O)(=O)O)C(C4)C3)CCCCC1. The van der Waals surface area contributed by atoms with Gasteiger partial charge in [-0.1, -0.05) is 13.3 Å². The zero-order valence-corrected chi connectivity index (χ0v) is 19.4. The molecule has 0 heterocycles. The van der Waals surface area contributed by atoms with E-state index in [2.05, 4.69) is 0 Å². The van der Waals surface area contributed by atoms with Gasteiger partial charge in [0.05, 0.1) is 11.7 Å². The summed E-state index contributed by atoms with van der Waals surface area (Å²) < 4.78 is 75.2. The number of ether oxygens (including phenoxy) is 3. The maximum Gasteiger partial charge on any atom is 0.392 e. The van der Waals surface area contributed by atoms with Gasteiger partial charge in [-0.25, -0.2) is 4.79 Å². The van der Waals surface area contributed by atoms with Gasteiger partial charge in [0.1, 0.15) is 18.8 Å². The second kappa shape index (κ2) is 8.74. The summed E-state index contributed by atoms with van der Waals surface area (Å²) in [5.74, 6) is -0.0273. The van der Waals surface area contributed by atoms with Crippen molar-refractivity contribution in [2.75, 3.05) is 13.2 Å². The van der Waals surface area contributed by atoms with Crippen LogP contribution < -0.4 is 0 Å². The van der Waals surface area contributed by atoms with Gasteiger partial charge in [-0.15, -0.1) is 0 Å². The van der Waals surface area contributed by atoms with E-state index in [0.29, 0.717) is 18.8 Å². The molecular formula is C22H34F2O7S. The maximum atomic E-state index is 13.6. The van der Waals surface area contributed by atoms with Crippen molar-refractivity contribution in [3.63, 3.8) is 0 Å². The third-order valence-electron chi connectivity index (χ3n) is 8.19. The third-order valence-corrected chi connectivity index (χ3v) is 9.06. The van der Waals surface area contributed by atoms with Crippen LogP contribution in [0.25, 0.3) is 0 Å². The van der Waals surface area contributed by atoms with E-state index in [-0.39, 0.29) is 30.0 Å². The predicted octanol–water partition coefficient (Wildman–Crippen LogP) is 4.10. The Morgan fingerprint density at radius 2 is 1.72 bits per heavy atom. The van der Waals surface area contributed by atoms with Gasteiger partial charge in [-0.3, -0.25) is 4.55 Å². The molecule has 7 nitrogen and oxygen atoms in total. The molecule has 5 fully saturated rings. The Morgan fingerprint density at radius 3 is 2.28 bits per heavy atom. The van der Waals surface area contributed by atoms with Crippen molar-refractivity contribution < 1.29 is 40.8 Å². The van der Waals surface area contributed by atoms with Crippen molar-refractivity contribution in [3.05, 3.63) is 0 Å². The first-order valence-electron chi connectivity index (χ1n) is 11.8. The highest BCUT2D eigenvalue weighted by molar-refractivity contribution is 7.86. The number of rotatable bonds is 9. The molecule has 4 bridgehead atoms. The molecule has 0 spiro atoms. The lowest BCUT2D eigenvalue weighted by molar-refractivity contribution is -0.225. The highest BCUT2D eigenvalue weighted by atomic mass is 32.2. The Morgan fingerprint density at radius 1 is 1.09 bits per heavy atom. The van der Waals surface area contributed by atoms with Crippen LogP contribution in [0, 0.1) is 17.8 Å². The van der Waals surface area contributed by atoms with Crippen molar-refractivity contribution in [3.8, 4) is 0 Å². The minimum absolute atomic E-state index is 0.0326. The Balaban J connectivity index is 1.34. The van der Waals surface area contributed by atoms with Gasteiger partial charge in [-0.05, 0) is 82.0 Å². The van der Waals surface area contributed by atoms with Gasteiger partial charge in [0.15, 0.2) is 0 Å². The zero-order valence-electron chi connectivity index (χ0n) is 18.6. The third kappa shape index (κ3) is 4.83. The van der Waals surface area contributed by atoms with E-state index in [4.69, 9.17) is 18.8 Å². The largest absolute Gasteiger partial charge is 0.457 e. The van der Waals surface area contributed by atoms with Crippen LogP contribution in [0.15, 0.2) is 0 Å². The van der Waals surface area contributed by atoms with Crippen molar-refractivity contribution in [2.24, 2.45) is 17.8 Å². The second-order valence-corrected chi connectivity index (χ2v) is 11.9. The molecule has 2 atom stereocenters. The molecule has 5 saturated carbocycles. The molecule has 0 amide bonds. The van der Waals surface area contributed by atoms with Crippen LogP contribution in [0.4, 0.5) is 8.78 Å². The summed E-state index contributed by atoms with van der Waals surface area (Å²) in [5, 5.41) is -4.33. The Kier molecular flexibility index (Phi) is 6.64. The van der Waals surface area contributed by atoms with Gasteiger partial charge in [-0.2, -0.15) is 17.2 Å². The van der Waals surface area contributed by atoms with Gasteiger partial charge < -0.3 is 14.2 Å². The average Bonchev–Trinajstić information content (AvgIpc) is 2.71. The minimum atomic E-state index is -5.51. The molecule has 0 aromatic heterocycles. The summed E-state index contributed by atoms with van der Waals surface area (Å²) in [5.41, 5.74) is -0.857. The molecule has 2 unspecified atom stereocenters. The molecule has 0 radical (unpaired) electrons. The average molecular weight is 481 g/mol. The van der Waals surface area contributed by atoms with E-state index >= 15 is 0 Å². The Bertz CT molecular complexity index is 793. The summed E-state index contributed by atoms with van der Waals surface area (Å²) >= 11 is 0. The number of carbonyl (C=O) groups is 1. The standard InChI is InChI=1S/C22H34F2O7S/c1-2-20(6-4-3-5-7-20)31-18(25)13-30-21-10-15-8-16(11-21)19(17(9-15)12-21)29-14-22(23,24)32(26,27)28/h15-17,19H,2-14H2,1H3,(H,26,27,28). The molecule has 10 heteroatoms. The molecule has 0 saturated heterocycles. The van der Waals surface area contributed by atoms with Gasteiger partial charge in [0.2, 0.25) is 0 Å². The van der Waals surface area contributed by atoms with Crippen LogP contribution in [0.3, 0.4) is 0 Å². The number of alkyl halides is 2. The summed E-state index contributed by atoms with van der Waals surface area (Å²) in [6.45, 7) is 0.581. The van der Waals surface area contributed by atoms with Crippen LogP contribution >= 0.6 is 0 Å². The lowest BCUT2D eigenvalue weighted by Crippen LogP contribution is -2.59. The van der Waals surface area contributed by atoms with E-state index in [1.165, 1.54) is 6.42 Å². The first-order valence-corrected chi connectivity index (χ1v) is 13.2. The van der Waals surface area contributed by atoms with Crippen molar-refractivity contribution in [1.29, 1.82) is 0 Å². The van der Waals surface area contributed by atoms with E-state index < -0.39 is 33.7 Å². The monoisotopic (exact) mass is 480 g/mol. The van der Waals surface area contributed by atoms with E-state index in [9.17, 15) is 22.0 Å². The van der Waals surface area contributed by atoms with Crippen LogP contribution in [0.2, 0.25) is 0 Å². The topological polar surface area (TPSA) is 99.1 Å². The summed E-state index contributed by atoms with van der Waals surface area (Å²) in [7, 11) is -5.51. The fraction of sp³-hybridized carbons (Fsp3) is 0.955. The normalized spacial score (nSPS) is 36.2. The maximum absolute atomic E-state index is 13.6. The summed E-state index contributed by atoms with van der Waals surface area (Å²) in [6, 6.07) is 0. The molecule has 32 heavy (non-hydrogen) atoms. The van der Waals surface area contributed by atoms with Crippen LogP contribution in [-0.4, -0.2) is 54.7 Å². The minimum Gasteiger partial charge on any atom is -0.457 e. The summed E-state index contributed by atoms with van der Waals surface area (Å²) in [4.78, 5) is 12.6. The predicted molar refractivity (Wildman–Crippen MR) is 111 cm³/mol. The van der Waals surface area contributed by atoms with E-state index in [1.54, 1.807) is 0 Å². The second-order valence-electron chi connectivity index (χ2n) is 10.4. The lowest BCUT2D eigenvalue weighted by atomic mass is 9.53. The molecule has 1 N–H and O–H groups in total. The number of hydrogen-bond acceptors (Lipinski definition) is 6. The molecule has 0 aromatic rings. The quantitative estimate of drug-likeness (QED) is 0.392. The molecule has 5 aliphatic rings. The number of carbonyl (C=O) groups excluding carboxylic acids is 1. The van der Waals surface area contributed by atoms with Crippen LogP contribution in [-0.2, 0) is 29.1 Å². The number of halogens is 2. The van der Waals surface area contributed by atoms with E-state index in [0.717, 1.165) is 51.4 Å². The molecular weight excluding hydrogens is 446 g/mol. The highest BCUT2D eigenvalue weighted by Crippen LogP contribution is 2.58. The van der Waals surface area contributed by atoms with Gasteiger partial charge in [0.25, 0.3) is 0 Å². The number of hydrogen-bond donors (Lipinski definition) is 1. The van der Waals surface area contributed by atoms with Gasteiger partial charge >= 0.3 is 21.3 Å². The van der Waals surface area contributed by atoms with Crippen molar-refractivity contribution >= 4 is 16.1 Å². The highest BCUT2D eigenvalue weighted by Gasteiger charge is 2.58. The van der Waals surface area contributed by atoms with Crippen molar-refractivity contribution in [2.45, 2.75) is 100 Å². The smallest absolute Gasteiger partial charge is 0.392 e. The Hall–Kier alpha value is -0.840. The number of esters is 1. The fourth-order valence-corrected chi connectivity index (χ4v) is 7.04.